The van der Waals surface area contributed by atoms with Gasteiger partial charge in [0.15, 0.2) is 0 Å². The number of fused-ring (bicyclic) bond motifs is 2. The molecule has 2 aromatic carbocycles. The summed E-state index contributed by atoms with van der Waals surface area (Å²) < 4.78 is 5.38. The first-order valence-corrected chi connectivity index (χ1v) is 10.3. The molecule has 0 unspecified atom stereocenters. The molecule has 0 fully saturated rings. The Kier molecular flexibility index (Phi) is 5.06. The van der Waals surface area contributed by atoms with Crippen molar-refractivity contribution in [2.45, 2.75) is 32.1 Å². The van der Waals surface area contributed by atoms with E-state index in [1.54, 1.807) is 6.92 Å². The standard InChI is InChI=1S/C25H23N3O2/c1-2-30-24(29)25(15-27)22(19-13-7-9-16-8-3-4-10-17(16)19)20-12-6-5-11-18(20)21(14-26)23(25)28/h3-4,7-11,13,20,22H,2,5-6,12,28H2,1H3/t20-,22+,25+/m1/s1. The largest absolute Gasteiger partial charge is 0.464 e. The van der Waals surface area contributed by atoms with Crippen molar-refractivity contribution in [3.63, 3.8) is 0 Å². The lowest BCUT2D eigenvalue weighted by molar-refractivity contribution is -0.152. The second-order valence-corrected chi connectivity index (χ2v) is 7.78. The first-order chi connectivity index (χ1) is 14.6. The second-order valence-electron chi connectivity index (χ2n) is 7.78. The van der Waals surface area contributed by atoms with Gasteiger partial charge in [-0.2, -0.15) is 10.5 Å². The summed E-state index contributed by atoms with van der Waals surface area (Å²) in [5.74, 6) is -1.37. The van der Waals surface area contributed by atoms with Crippen LogP contribution in [0, 0.1) is 34.0 Å². The number of hydrogen-bond acceptors (Lipinski definition) is 5. The molecule has 0 saturated heterocycles. The Hall–Kier alpha value is -3.57. The van der Waals surface area contributed by atoms with Gasteiger partial charge in [-0.1, -0.05) is 48.5 Å². The molecule has 4 rings (SSSR count). The van der Waals surface area contributed by atoms with E-state index in [-0.39, 0.29) is 23.8 Å². The Labute approximate surface area is 176 Å². The maximum atomic E-state index is 13.3. The van der Waals surface area contributed by atoms with Crippen LogP contribution in [0.1, 0.15) is 37.7 Å². The van der Waals surface area contributed by atoms with E-state index in [0.717, 1.165) is 41.2 Å². The van der Waals surface area contributed by atoms with E-state index in [9.17, 15) is 15.3 Å². The van der Waals surface area contributed by atoms with Crippen molar-refractivity contribution in [3.8, 4) is 12.1 Å². The molecule has 30 heavy (non-hydrogen) atoms. The van der Waals surface area contributed by atoms with E-state index in [0.29, 0.717) is 0 Å². The molecule has 0 saturated carbocycles. The smallest absolute Gasteiger partial charge is 0.333 e. The Balaban J connectivity index is 2.10. The minimum Gasteiger partial charge on any atom is -0.464 e. The molecule has 0 amide bonds. The Bertz CT molecular complexity index is 1160. The van der Waals surface area contributed by atoms with Gasteiger partial charge in [-0.15, -0.1) is 0 Å². The Morgan fingerprint density at radius 1 is 1.23 bits per heavy atom. The third-order valence-electron chi connectivity index (χ3n) is 6.38. The second kappa shape index (κ2) is 7.69. The van der Waals surface area contributed by atoms with Gasteiger partial charge in [0.25, 0.3) is 0 Å². The van der Waals surface area contributed by atoms with Crippen molar-refractivity contribution in [2.24, 2.45) is 17.1 Å². The first-order valence-electron chi connectivity index (χ1n) is 10.3. The summed E-state index contributed by atoms with van der Waals surface area (Å²) in [4.78, 5) is 13.3. The lowest BCUT2D eigenvalue weighted by Crippen LogP contribution is -2.49. The van der Waals surface area contributed by atoms with Gasteiger partial charge in [-0.25, -0.2) is 4.79 Å². The van der Waals surface area contributed by atoms with E-state index < -0.39 is 17.3 Å². The molecule has 2 N–H and O–H groups in total. The quantitative estimate of drug-likeness (QED) is 0.770. The average molecular weight is 397 g/mol. The number of nitriles is 2. The fourth-order valence-corrected chi connectivity index (χ4v) is 5.11. The third-order valence-corrected chi connectivity index (χ3v) is 6.38. The summed E-state index contributed by atoms with van der Waals surface area (Å²) in [6.07, 6.45) is 4.61. The predicted octanol–water partition coefficient (Wildman–Crippen LogP) is 4.47. The minimum absolute atomic E-state index is 0.00767. The van der Waals surface area contributed by atoms with Crippen molar-refractivity contribution in [1.29, 1.82) is 10.5 Å². The van der Waals surface area contributed by atoms with Gasteiger partial charge >= 0.3 is 5.97 Å². The van der Waals surface area contributed by atoms with Crippen molar-refractivity contribution < 1.29 is 9.53 Å². The highest BCUT2D eigenvalue weighted by Gasteiger charge is 2.59. The minimum atomic E-state index is -1.75. The summed E-state index contributed by atoms with van der Waals surface area (Å²) in [6, 6.07) is 18.2. The van der Waals surface area contributed by atoms with Crippen LogP contribution in [-0.2, 0) is 9.53 Å². The molecule has 0 aromatic heterocycles. The molecule has 2 aromatic rings. The summed E-state index contributed by atoms with van der Waals surface area (Å²) in [5, 5.41) is 22.3. The molecule has 5 heteroatoms. The van der Waals surface area contributed by atoms with Crippen LogP contribution in [0.5, 0.6) is 0 Å². The summed E-state index contributed by atoms with van der Waals surface area (Å²) in [7, 11) is 0. The molecule has 0 spiro atoms. The molecule has 0 heterocycles. The molecule has 3 atom stereocenters. The van der Waals surface area contributed by atoms with Gasteiger partial charge in [0.05, 0.1) is 23.9 Å². The summed E-state index contributed by atoms with van der Waals surface area (Å²) in [5.41, 5.74) is 6.74. The lowest BCUT2D eigenvalue weighted by Gasteiger charge is -2.45. The number of rotatable bonds is 3. The van der Waals surface area contributed by atoms with Crippen molar-refractivity contribution >= 4 is 16.7 Å². The maximum Gasteiger partial charge on any atom is 0.333 e. The van der Waals surface area contributed by atoms with Gasteiger partial charge in [0.1, 0.15) is 6.07 Å². The molecular weight excluding hydrogens is 374 g/mol. The average Bonchev–Trinajstić information content (AvgIpc) is 2.78. The first kappa shape index (κ1) is 19.7. The third kappa shape index (κ3) is 2.70. The van der Waals surface area contributed by atoms with Gasteiger partial charge in [-0.3, -0.25) is 0 Å². The van der Waals surface area contributed by atoms with Crippen LogP contribution in [-0.4, -0.2) is 12.6 Å². The number of nitrogens with two attached hydrogens (primary N) is 1. The van der Waals surface area contributed by atoms with Crippen LogP contribution >= 0.6 is 0 Å². The van der Waals surface area contributed by atoms with Gasteiger partial charge in [0.2, 0.25) is 5.41 Å². The maximum absolute atomic E-state index is 13.3. The van der Waals surface area contributed by atoms with Crippen molar-refractivity contribution in [2.75, 3.05) is 6.61 Å². The number of allylic oxidation sites excluding steroid dienone is 3. The molecule has 150 valence electrons. The zero-order valence-electron chi connectivity index (χ0n) is 16.9. The summed E-state index contributed by atoms with van der Waals surface area (Å²) >= 11 is 0. The monoisotopic (exact) mass is 397 g/mol. The molecule has 2 aliphatic carbocycles. The summed E-state index contributed by atoms with van der Waals surface area (Å²) in [6.45, 7) is 1.84. The van der Waals surface area contributed by atoms with E-state index in [4.69, 9.17) is 10.5 Å². The van der Waals surface area contributed by atoms with E-state index >= 15 is 0 Å². The van der Waals surface area contributed by atoms with Crippen LogP contribution in [0.25, 0.3) is 10.8 Å². The van der Waals surface area contributed by atoms with Crippen molar-refractivity contribution in [3.05, 3.63) is 70.9 Å². The van der Waals surface area contributed by atoms with Crippen LogP contribution in [0.2, 0.25) is 0 Å². The highest BCUT2D eigenvalue weighted by atomic mass is 16.5. The molecular formula is C25H23N3O2. The van der Waals surface area contributed by atoms with Gasteiger partial charge in [-0.05, 0) is 54.0 Å². The fraction of sp³-hybridized carbons (Fsp3) is 0.320. The number of esters is 1. The SMILES string of the molecule is CCOC(=O)[C@]1(C#N)C(N)=C(C#N)C2=CCCC[C@H]2[C@@H]1c1cccc2ccccc12. The van der Waals surface area contributed by atoms with Crippen molar-refractivity contribution in [1.82, 2.24) is 0 Å². The van der Waals surface area contributed by atoms with Crippen LogP contribution < -0.4 is 5.73 Å². The number of nitrogens with zero attached hydrogens (tertiary/aromatic N) is 2. The topological polar surface area (TPSA) is 99.9 Å². The molecule has 5 nitrogen and oxygen atoms in total. The number of benzene rings is 2. The number of hydrogen-bond donors (Lipinski definition) is 1. The molecule has 0 aliphatic heterocycles. The van der Waals surface area contributed by atoms with Crippen LogP contribution in [0.4, 0.5) is 0 Å². The molecule has 0 bridgehead atoms. The highest BCUT2D eigenvalue weighted by Crippen LogP contribution is 2.57. The lowest BCUT2D eigenvalue weighted by atomic mass is 9.55. The zero-order valence-corrected chi connectivity index (χ0v) is 16.9. The van der Waals surface area contributed by atoms with Gasteiger partial charge < -0.3 is 10.5 Å². The fourth-order valence-electron chi connectivity index (χ4n) is 5.11. The van der Waals surface area contributed by atoms with E-state index in [2.05, 4.69) is 12.1 Å². The van der Waals surface area contributed by atoms with Gasteiger partial charge in [0, 0.05) is 5.92 Å². The van der Waals surface area contributed by atoms with E-state index in [1.807, 2.05) is 48.5 Å². The van der Waals surface area contributed by atoms with E-state index in [1.165, 1.54) is 0 Å². The molecule has 2 aliphatic rings. The Morgan fingerprint density at radius 3 is 2.73 bits per heavy atom. The number of carbonyl (C=O) groups is 1. The van der Waals surface area contributed by atoms with Crippen LogP contribution in [0.3, 0.4) is 0 Å². The van der Waals surface area contributed by atoms with Crippen LogP contribution in [0.15, 0.2) is 65.4 Å². The molecule has 0 radical (unpaired) electrons. The predicted molar refractivity (Wildman–Crippen MR) is 114 cm³/mol. The number of carbonyl (C=O) groups excluding carboxylic acids is 1. The Morgan fingerprint density at radius 2 is 2.00 bits per heavy atom. The zero-order chi connectivity index (χ0) is 21.3. The highest BCUT2D eigenvalue weighted by molar-refractivity contribution is 5.91. The number of ether oxygens (including phenoxy) is 1. The normalized spacial score (nSPS) is 25.6.